The lowest BCUT2D eigenvalue weighted by Gasteiger charge is -2.17. The molecule has 0 aliphatic rings. The number of hydrogen-bond donors (Lipinski definition) is 3. The third kappa shape index (κ3) is 6.13. The van der Waals surface area contributed by atoms with Gasteiger partial charge in [-0.15, -0.1) is 11.3 Å². The minimum absolute atomic E-state index is 0.00255. The lowest BCUT2D eigenvalue weighted by atomic mass is 10.1. The van der Waals surface area contributed by atoms with Crippen LogP contribution < -0.4 is 9.44 Å². The number of carboxylic acids is 1. The highest BCUT2D eigenvalue weighted by molar-refractivity contribution is 7.91. The Morgan fingerprint density at radius 3 is 2.38 bits per heavy atom. The van der Waals surface area contributed by atoms with E-state index in [0.717, 1.165) is 11.3 Å². The smallest absolute Gasteiger partial charge is 0.322 e. The van der Waals surface area contributed by atoms with E-state index >= 15 is 0 Å². The largest absolute Gasteiger partial charge is 0.480 e. The lowest BCUT2D eigenvalue weighted by Crippen LogP contribution is -2.43. The van der Waals surface area contributed by atoms with Crippen LogP contribution in [0.3, 0.4) is 0 Å². The summed E-state index contributed by atoms with van der Waals surface area (Å²) in [5, 5.41) is 9.09. The van der Waals surface area contributed by atoms with Crippen LogP contribution in [0.2, 0.25) is 0 Å². The first-order chi connectivity index (χ1) is 11.0. The molecule has 0 amide bonds. The zero-order valence-corrected chi connectivity index (χ0v) is 16.1. The number of carboxylic acid groups (broad SMARTS) is 1. The van der Waals surface area contributed by atoms with Gasteiger partial charge in [0.2, 0.25) is 10.0 Å². The van der Waals surface area contributed by atoms with Gasteiger partial charge < -0.3 is 5.11 Å². The highest BCUT2D eigenvalue weighted by Gasteiger charge is 2.28. The Bertz CT molecular complexity index is 767. The fraction of sp³-hybridized carbons (Fsp3) is 0.615. The number of rotatable bonds is 10. The predicted octanol–water partition coefficient (Wildman–Crippen LogP) is 0.617. The Hall–Kier alpha value is -1.01. The first-order valence-corrected chi connectivity index (χ1v) is 11.2. The maximum absolute atomic E-state index is 12.3. The molecule has 138 valence electrons. The van der Waals surface area contributed by atoms with Crippen molar-refractivity contribution in [2.24, 2.45) is 5.92 Å². The highest BCUT2D eigenvalue weighted by atomic mass is 32.2. The van der Waals surface area contributed by atoms with Gasteiger partial charge in [0.1, 0.15) is 10.3 Å². The molecule has 0 radical (unpaired) electrons. The molecule has 0 unspecified atom stereocenters. The first kappa shape index (κ1) is 21.0. The molecule has 1 atom stereocenters. The summed E-state index contributed by atoms with van der Waals surface area (Å²) in [6.07, 6.45) is 0.353. The van der Waals surface area contributed by atoms with Gasteiger partial charge in [0.05, 0.1) is 5.75 Å². The molecule has 0 fully saturated rings. The topological polar surface area (TPSA) is 130 Å². The summed E-state index contributed by atoms with van der Waals surface area (Å²) in [5.74, 6) is -1.66. The Balaban J connectivity index is 2.78. The van der Waals surface area contributed by atoms with Crippen molar-refractivity contribution in [3.05, 3.63) is 17.0 Å². The van der Waals surface area contributed by atoms with Gasteiger partial charge in [-0.1, -0.05) is 13.8 Å². The summed E-state index contributed by atoms with van der Waals surface area (Å²) < 4.78 is 51.8. The van der Waals surface area contributed by atoms with Crippen LogP contribution in [0, 0.1) is 5.92 Å². The maximum Gasteiger partial charge on any atom is 0.322 e. The second-order valence-electron chi connectivity index (χ2n) is 5.45. The molecule has 1 aromatic heterocycles. The molecular weight excluding hydrogens is 376 g/mol. The average molecular weight is 399 g/mol. The van der Waals surface area contributed by atoms with E-state index in [1.54, 1.807) is 19.9 Å². The number of sulfonamides is 2. The molecule has 0 aliphatic carbocycles. The fourth-order valence-electron chi connectivity index (χ4n) is 1.77. The van der Waals surface area contributed by atoms with Gasteiger partial charge in [0.15, 0.2) is 0 Å². The van der Waals surface area contributed by atoms with Gasteiger partial charge in [-0.3, -0.25) is 4.79 Å². The molecule has 0 spiro atoms. The highest BCUT2D eigenvalue weighted by Crippen LogP contribution is 2.22. The van der Waals surface area contributed by atoms with Crippen molar-refractivity contribution < 1.29 is 26.7 Å². The van der Waals surface area contributed by atoms with E-state index in [2.05, 4.69) is 9.44 Å². The third-order valence-electron chi connectivity index (χ3n) is 3.19. The minimum Gasteiger partial charge on any atom is -0.480 e. The molecule has 0 saturated carbocycles. The van der Waals surface area contributed by atoms with E-state index in [4.69, 9.17) is 5.11 Å². The van der Waals surface area contributed by atoms with Gasteiger partial charge in [-0.25, -0.2) is 21.6 Å². The van der Waals surface area contributed by atoms with Crippen LogP contribution >= 0.6 is 11.3 Å². The molecule has 0 bridgehead atoms. The SMILES string of the molecule is CCS(=O)(=O)NCCc1ccc(S(=O)(=O)N[C@@H](C(=O)O)C(C)C)s1. The van der Waals surface area contributed by atoms with E-state index in [0.29, 0.717) is 11.3 Å². The van der Waals surface area contributed by atoms with Crippen molar-refractivity contribution in [2.75, 3.05) is 12.3 Å². The van der Waals surface area contributed by atoms with E-state index in [9.17, 15) is 21.6 Å². The Kier molecular flexibility index (Phi) is 7.35. The third-order valence-corrected chi connectivity index (χ3v) is 7.67. The van der Waals surface area contributed by atoms with E-state index in [1.807, 2.05) is 0 Å². The molecule has 1 rings (SSSR count). The van der Waals surface area contributed by atoms with Gasteiger partial charge in [-0.05, 0) is 31.4 Å². The number of aliphatic carboxylic acids is 1. The molecule has 0 aliphatic heterocycles. The van der Waals surface area contributed by atoms with Crippen LogP contribution in [0.4, 0.5) is 0 Å². The summed E-state index contributed by atoms with van der Waals surface area (Å²) in [6.45, 7) is 4.92. The van der Waals surface area contributed by atoms with Crippen LogP contribution in [-0.4, -0.2) is 46.3 Å². The van der Waals surface area contributed by atoms with Crippen molar-refractivity contribution in [2.45, 2.75) is 37.4 Å². The zero-order chi connectivity index (χ0) is 18.5. The standard InChI is InChI=1S/C13H22N2O6S3/c1-4-23(18,19)14-8-7-10-5-6-11(22-10)24(20,21)15-12(9(2)3)13(16)17/h5-6,9,12,14-15H,4,7-8H2,1-3H3,(H,16,17)/t12-/m1/s1. The van der Waals surface area contributed by atoms with Crippen LogP contribution in [0.15, 0.2) is 16.3 Å². The summed E-state index contributed by atoms with van der Waals surface area (Å²) in [6, 6.07) is 1.76. The molecule has 24 heavy (non-hydrogen) atoms. The Morgan fingerprint density at radius 1 is 1.25 bits per heavy atom. The lowest BCUT2D eigenvalue weighted by molar-refractivity contribution is -0.140. The monoisotopic (exact) mass is 398 g/mol. The number of nitrogens with one attached hydrogen (secondary N) is 2. The van der Waals surface area contributed by atoms with Crippen LogP contribution in [0.5, 0.6) is 0 Å². The summed E-state index contributed by atoms with van der Waals surface area (Å²) in [7, 11) is -7.23. The van der Waals surface area contributed by atoms with Crippen molar-refractivity contribution in [3.63, 3.8) is 0 Å². The van der Waals surface area contributed by atoms with Gasteiger partial charge in [0, 0.05) is 11.4 Å². The number of thiophene rings is 1. The Morgan fingerprint density at radius 2 is 1.88 bits per heavy atom. The van der Waals surface area contributed by atoms with Gasteiger partial charge in [0.25, 0.3) is 10.0 Å². The average Bonchev–Trinajstić information content (AvgIpc) is 2.94. The van der Waals surface area contributed by atoms with Gasteiger partial charge >= 0.3 is 5.97 Å². The molecule has 1 aromatic rings. The van der Waals surface area contributed by atoms with E-state index in [-0.39, 0.29) is 16.5 Å². The molecular formula is C13H22N2O6S3. The summed E-state index contributed by atoms with van der Waals surface area (Å²) in [4.78, 5) is 11.8. The van der Waals surface area contributed by atoms with Crippen molar-refractivity contribution >= 4 is 37.4 Å². The maximum atomic E-state index is 12.3. The molecule has 0 saturated heterocycles. The van der Waals surface area contributed by atoms with Gasteiger partial charge in [-0.2, -0.15) is 4.72 Å². The normalized spacial score (nSPS) is 14.0. The number of carbonyl (C=O) groups is 1. The second-order valence-corrected chi connectivity index (χ2v) is 10.7. The van der Waals surface area contributed by atoms with Crippen LogP contribution in [0.1, 0.15) is 25.6 Å². The minimum atomic E-state index is -3.94. The fourth-order valence-corrected chi connectivity index (χ4v) is 5.09. The second kappa shape index (κ2) is 8.39. The van der Waals surface area contributed by atoms with E-state index < -0.39 is 38.0 Å². The quantitative estimate of drug-likeness (QED) is 0.530. The predicted molar refractivity (Wildman–Crippen MR) is 92.1 cm³/mol. The van der Waals surface area contributed by atoms with Crippen molar-refractivity contribution in [1.29, 1.82) is 0 Å². The summed E-state index contributed by atoms with van der Waals surface area (Å²) >= 11 is 0.985. The summed E-state index contributed by atoms with van der Waals surface area (Å²) in [5.41, 5.74) is 0. The Labute approximate surface area is 146 Å². The number of hydrogen-bond acceptors (Lipinski definition) is 6. The van der Waals surface area contributed by atoms with Crippen LogP contribution in [0.25, 0.3) is 0 Å². The van der Waals surface area contributed by atoms with Crippen molar-refractivity contribution in [3.8, 4) is 0 Å². The van der Waals surface area contributed by atoms with E-state index in [1.165, 1.54) is 13.0 Å². The molecule has 11 heteroatoms. The van der Waals surface area contributed by atoms with Crippen molar-refractivity contribution in [1.82, 2.24) is 9.44 Å². The van der Waals surface area contributed by atoms with Crippen LogP contribution in [-0.2, 0) is 31.3 Å². The molecule has 1 heterocycles. The zero-order valence-electron chi connectivity index (χ0n) is 13.6. The molecule has 8 nitrogen and oxygen atoms in total. The molecule has 3 N–H and O–H groups in total. The molecule has 0 aromatic carbocycles. The first-order valence-electron chi connectivity index (χ1n) is 7.29.